The van der Waals surface area contributed by atoms with Crippen LogP contribution in [0, 0.1) is 12.7 Å². The summed E-state index contributed by atoms with van der Waals surface area (Å²) in [5.41, 5.74) is 3.31. The molecule has 0 aliphatic carbocycles. The maximum Gasteiger partial charge on any atom is 0.262 e. The molecule has 0 bridgehead atoms. The number of rotatable bonds is 7. The maximum absolute atomic E-state index is 13.6. The minimum absolute atomic E-state index is 0.111. The van der Waals surface area contributed by atoms with Crippen LogP contribution in [0.1, 0.15) is 11.1 Å². The Labute approximate surface area is 168 Å². The second kappa shape index (κ2) is 9.24. The molecule has 2 N–H and O–H groups in total. The van der Waals surface area contributed by atoms with Crippen LogP contribution in [0.4, 0.5) is 15.8 Å². The van der Waals surface area contributed by atoms with Crippen LogP contribution in [-0.4, -0.2) is 12.5 Å². The Hall–Kier alpha value is -3.05. The van der Waals surface area contributed by atoms with Crippen LogP contribution in [0.5, 0.6) is 5.75 Å². The van der Waals surface area contributed by atoms with Crippen molar-refractivity contribution in [2.45, 2.75) is 13.5 Å². The predicted octanol–water partition coefficient (Wildman–Crippen LogP) is 5.42. The van der Waals surface area contributed by atoms with E-state index < -0.39 is 11.7 Å². The minimum Gasteiger partial charge on any atom is -0.482 e. The van der Waals surface area contributed by atoms with Gasteiger partial charge in [-0.25, -0.2) is 4.39 Å². The molecule has 0 fully saturated rings. The highest BCUT2D eigenvalue weighted by atomic mass is 35.5. The van der Waals surface area contributed by atoms with Crippen LogP contribution in [0.25, 0.3) is 0 Å². The molecule has 0 radical (unpaired) electrons. The van der Waals surface area contributed by atoms with Crippen molar-refractivity contribution >= 4 is 28.9 Å². The molecule has 28 heavy (non-hydrogen) atoms. The van der Waals surface area contributed by atoms with Gasteiger partial charge in [0.1, 0.15) is 11.6 Å². The number of nitrogens with one attached hydrogen (secondary N) is 2. The lowest BCUT2D eigenvalue weighted by Crippen LogP contribution is -2.20. The third-order valence-electron chi connectivity index (χ3n) is 4.05. The van der Waals surface area contributed by atoms with Gasteiger partial charge in [0, 0.05) is 12.2 Å². The number of anilines is 2. The zero-order valence-electron chi connectivity index (χ0n) is 15.3. The lowest BCUT2D eigenvalue weighted by Gasteiger charge is -2.11. The number of hydrogen-bond donors (Lipinski definition) is 2. The summed E-state index contributed by atoms with van der Waals surface area (Å²) in [5.74, 6) is -0.574. The second-order valence-corrected chi connectivity index (χ2v) is 6.71. The van der Waals surface area contributed by atoms with Gasteiger partial charge in [-0.2, -0.15) is 0 Å². The van der Waals surface area contributed by atoms with Gasteiger partial charge in [0.25, 0.3) is 5.91 Å². The number of aryl methyl sites for hydroxylation is 1. The zero-order valence-corrected chi connectivity index (χ0v) is 16.1. The number of benzene rings is 3. The molecule has 0 aliphatic heterocycles. The van der Waals surface area contributed by atoms with Crippen molar-refractivity contribution in [1.29, 1.82) is 0 Å². The smallest absolute Gasteiger partial charge is 0.262 e. The fourth-order valence-electron chi connectivity index (χ4n) is 2.54. The number of halogens is 2. The largest absolute Gasteiger partial charge is 0.482 e. The first kappa shape index (κ1) is 19.7. The summed E-state index contributed by atoms with van der Waals surface area (Å²) in [6.07, 6.45) is 0. The molecule has 3 aromatic carbocycles. The Balaban J connectivity index is 1.53. The van der Waals surface area contributed by atoms with E-state index in [2.05, 4.69) is 10.6 Å². The van der Waals surface area contributed by atoms with Gasteiger partial charge in [-0.15, -0.1) is 0 Å². The lowest BCUT2D eigenvalue weighted by atomic mass is 10.2. The highest BCUT2D eigenvalue weighted by Crippen LogP contribution is 2.26. The molecule has 3 rings (SSSR count). The van der Waals surface area contributed by atoms with Crippen LogP contribution in [0.2, 0.25) is 5.02 Å². The van der Waals surface area contributed by atoms with Crippen molar-refractivity contribution in [3.8, 4) is 5.75 Å². The van der Waals surface area contributed by atoms with Crippen molar-refractivity contribution in [3.05, 3.63) is 88.7 Å². The maximum atomic E-state index is 13.6. The van der Waals surface area contributed by atoms with Crippen LogP contribution >= 0.6 is 11.6 Å². The van der Waals surface area contributed by atoms with Gasteiger partial charge in [0.15, 0.2) is 6.61 Å². The molecule has 144 valence electrons. The Morgan fingerprint density at radius 3 is 2.54 bits per heavy atom. The summed E-state index contributed by atoms with van der Waals surface area (Å²) < 4.78 is 19.0. The molecule has 3 aromatic rings. The SMILES string of the molecule is Cc1ccc(NCc2ccc(OCC(=O)Nc3ccccc3F)c(Cl)c2)cc1. The summed E-state index contributed by atoms with van der Waals surface area (Å²) in [5, 5.41) is 6.18. The van der Waals surface area contributed by atoms with E-state index in [1.165, 1.54) is 17.7 Å². The third-order valence-corrected chi connectivity index (χ3v) is 4.35. The highest BCUT2D eigenvalue weighted by molar-refractivity contribution is 6.32. The van der Waals surface area contributed by atoms with Crippen molar-refractivity contribution in [1.82, 2.24) is 0 Å². The highest BCUT2D eigenvalue weighted by Gasteiger charge is 2.09. The van der Waals surface area contributed by atoms with Gasteiger partial charge >= 0.3 is 0 Å². The summed E-state index contributed by atoms with van der Waals surface area (Å²) in [6, 6.07) is 19.4. The first-order chi connectivity index (χ1) is 13.5. The van der Waals surface area contributed by atoms with Gasteiger partial charge in [0.05, 0.1) is 10.7 Å². The second-order valence-electron chi connectivity index (χ2n) is 6.30. The summed E-state index contributed by atoms with van der Waals surface area (Å²) >= 11 is 6.26. The van der Waals surface area contributed by atoms with E-state index in [4.69, 9.17) is 16.3 Å². The molecule has 0 unspecified atom stereocenters. The fraction of sp³-hybridized carbons (Fsp3) is 0.136. The van der Waals surface area contributed by atoms with E-state index in [-0.39, 0.29) is 12.3 Å². The normalized spacial score (nSPS) is 10.4. The molecule has 0 saturated carbocycles. The lowest BCUT2D eigenvalue weighted by molar-refractivity contribution is -0.118. The van der Waals surface area contributed by atoms with Crippen LogP contribution < -0.4 is 15.4 Å². The molecule has 0 atom stereocenters. The van der Waals surface area contributed by atoms with E-state index in [9.17, 15) is 9.18 Å². The molecule has 0 saturated heterocycles. The molecule has 1 amide bonds. The molecule has 6 heteroatoms. The average Bonchev–Trinajstić information content (AvgIpc) is 2.68. The van der Waals surface area contributed by atoms with Gasteiger partial charge < -0.3 is 15.4 Å². The predicted molar refractivity (Wildman–Crippen MR) is 110 cm³/mol. The topological polar surface area (TPSA) is 50.4 Å². The first-order valence-electron chi connectivity index (χ1n) is 8.77. The van der Waals surface area contributed by atoms with Crippen LogP contribution in [-0.2, 0) is 11.3 Å². The molecule has 0 aromatic heterocycles. The molecular weight excluding hydrogens is 379 g/mol. The summed E-state index contributed by atoms with van der Waals surface area (Å²) in [7, 11) is 0. The Kier molecular flexibility index (Phi) is 6.50. The monoisotopic (exact) mass is 398 g/mol. The van der Waals surface area contributed by atoms with E-state index >= 15 is 0 Å². The van der Waals surface area contributed by atoms with Crippen LogP contribution in [0.3, 0.4) is 0 Å². The number of para-hydroxylation sites is 1. The third kappa shape index (κ3) is 5.47. The zero-order chi connectivity index (χ0) is 19.9. The fourth-order valence-corrected chi connectivity index (χ4v) is 2.80. The standard InChI is InChI=1S/C22H20ClFN2O2/c1-15-6-9-17(10-7-15)25-13-16-8-11-21(18(23)12-16)28-14-22(27)26-20-5-3-2-4-19(20)24/h2-12,25H,13-14H2,1H3,(H,26,27). The first-order valence-corrected chi connectivity index (χ1v) is 9.15. The van der Waals surface area contributed by atoms with E-state index in [0.717, 1.165) is 11.3 Å². The molecule has 0 spiro atoms. The van der Waals surface area contributed by atoms with Crippen molar-refractivity contribution in [3.63, 3.8) is 0 Å². The number of ether oxygens (including phenoxy) is 1. The van der Waals surface area contributed by atoms with Gasteiger partial charge in [-0.05, 0) is 48.9 Å². The van der Waals surface area contributed by atoms with E-state index in [1.807, 2.05) is 37.3 Å². The number of carbonyl (C=O) groups excluding carboxylic acids is 1. The van der Waals surface area contributed by atoms with E-state index in [1.54, 1.807) is 24.3 Å². The van der Waals surface area contributed by atoms with E-state index in [0.29, 0.717) is 17.3 Å². The van der Waals surface area contributed by atoms with Crippen LogP contribution in [0.15, 0.2) is 66.7 Å². The van der Waals surface area contributed by atoms with Crippen molar-refractivity contribution in [2.75, 3.05) is 17.2 Å². The van der Waals surface area contributed by atoms with Crippen molar-refractivity contribution < 1.29 is 13.9 Å². The van der Waals surface area contributed by atoms with Crippen molar-refractivity contribution in [2.24, 2.45) is 0 Å². The quantitative estimate of drug-likeness (QED) is 0.559. The Morgan fingerprint density at radius 2 is 1.82 bits per heavy atom. The minimum atomic E-state index is -0.501. The Morgan fingerprint density at radius 1 is 1.07 bits per heavy atom. The molecule has 0 heterocycles. The average molecular weight is 399 g/mol. The number of carbonyl (C=O) groups is 1. The summed E-state index contributed by atoms with van der Waals surface area (Å²) in [6.45, 7) is 2.38. The number of hydrogen-bond acceptors (Lipinski definition) is 3. The van der Waals surface area contributed by atoms with Gasteiger partial charge in [-0.3, -0.25) is 4.79 Å². The number of amides is 1. The van der Waals surface area contributed by atoms with Gasteiger partial charge in [-0.1, -0.05) is 47.5 Å². The summed E-state index contributed by atoms with van der Waals surface area (Å²) in [4.78, 5) is 11.9. The van der Waals surface area contributed by atoms with Gasteiger partial charge in [0.2, 0.25) is 0 Å². The molecule has 0 aliphatic rings. The Bertz CT molecular complexity index is 961. The molecular formula is C22H20ClFN2O2. The molecule has 4 nitrogen and oxygen atoms in total.